The van der Waals surface area contributed by atoms with Gasteiger partial charge in [0.1, 0.15) is 0 Å². The van der Waals surface area contributed by atoms with Crippen LogP contribution in [0.3, 0.4) is 0 Å². The molecule has 2 unspecified atom stereocenters. The maximum absolute atomic E-state index is 12.0. The molecule has 4 heteroatoms. The Morgan fingerprint density at radius 2 is 2.00 bits per heavy atom. The minimum atomic E-state index is 0.130. The van der Waals surface area contributed by atoms with Crippen LogP contribution in [0.2, 0.25) is 0 Å². The maximum atomic E-state index is 12.0. The van der Waals surface area contributed by atoms with Gasteiger partial charge in [0.05, 0.1) is 6.04 Å². The first-order valence-electron chi connectivity index (χ1n) is 8.64. The van der Waals surface area contributed by atoms with Gasteiger partial charge in [0.2, 0.25) is 5.91 Å². The normalized spacial score (nSPS) is 30.4. The smallest absolute Gasteiger partial charge is 0.241 e. The second kappa shape index (κ2) is 7.10. The molecular weight excluding hydrogens is 262 g/mol. The van der Waals surface area contributed by atoms with Crippen molar-refractivity contribution in [1.29, 1.82) is 0 Å². The molecule has 122 valence electrons. The Labute approximate surface area is 130 Å². The summed E-state index contributed by atoms with van der Waals surface area (Å²) in [5.41, 5.74) is 0.313. The molecule has 2 aliphatic heterocycles. The van der Waals surface area contributed by atoms with Gasteiger partial charge in [-0.15, -0.1) is 0 Å². The highest BCUT2D eigenvalue weighted by atomic mass is 16.2. The summed E-state index contributed by atoms with van der Waals surface area (Å²) in [6.07, 6.45) is 6.83. The fourth-order valence-corrected chi connectivity index (χ4v) is 2.57. The zero-order valence-electron chi connectivity index (χ0n) is 14.3. The summed E-state index contributed by atoms with van der Waals surface area (Å²) in [6.45, 7) is 10.7. The van der Waals surface area contributed by atoms with Crippen LogP contribution < -0.4 is 5.32 Å². The molecular formula is C17H33N3O. The monoisotopic (exact) mass is 295 g/mol. The molecule has 0 bridgehead atoms. The largest absolute Gasteiger partial charge is 0.341 e. The summed E-state index contributed by atoms with van der Waals surface area (Å²) >= 11 is 0. The van der Waals surface area contributed by atoms with E-state index in [2.05, 4.69) is 42.9 Å². The molecule has 2 heterocycles. The van der Waals surface area contributed by atoms with Crippen LogP contribution in [0.1, 0.15) is 52.9 Å². The number of rotatable bonds is 5. The Kier molecular flexibility index (Phi) is 5.67. The quantitative estimate of drug-likeness (QED) is 0.790. The van der Waals surface area contributed by atoms with Crippen LogP contribution in [-0.4, -0.2) is 61.0 Å². The first-order valence-corrected chi connectivity index (χ1v) is 8.64. The van der Waals surface area contributed by atoms with Crippen LogP contribution in [-0.2, 0) is 4.79 Å². The summed E-state index contributed by atoms with van der Waals surface area (Å²) in [5.74, 6) is 0.316. The van der Waals surface area contributed by atoms with Gasteiger partial charge in [-0.1, -0.05) is 26.2 Å². The van der Waals surface area contributed by atoms with Gasteiger partial charge < -0.3 is 15.1 Å². The summed E-state index contributed by atoms with van der Waals surface area (Å²) in [5, 5.41) is 3.10. The number of nitrogens with zero attached hydrogens (tertiary/aromatic N) is 2. The highest BCUT2D eigenvalue weighted by Gasteiger charge is 2.40. The van der Waals surface area contributed by atoms with Gasteiger partial charge in [0.15, 0.2) is 0 Å². The van der Waals surface area contributed by atoms with E-state index in [1.807, 2.05) is 0 Å². The Balaban J connectivity index is 0.000000477. The van der Waals surface area contributed by atoms with Crippen molar-refractivity contribution in [3.63, 3.8) is 0 Å². The molecule has 2 saturated heterocycles. The van der Waals surface area contributed by atoms with Crippen LogP contribution >= 0.6 is 0 Å². The first kappa shape index (κ1) is 16.8. The van der Waals surface area contributed by atoms with Gasteiger partial charge >= 0.3 is 0 Å². The standard InChI is InChI=1S/C14H27N3O.C3H6/c1-11(2)16(4)7-5-14(3)6-8-17(10-14)13(18)12-9-15-12;1-2-3-1/h11-12,15H,5-10H2,1-4H3;1-3H2. The third-order valence-corrected chi connectivity index (χ3v) is 4.88. The second-order valence-electron chi connectivity index (χ2n) is 7.67. The highest BCUT2D eigenvalue weighted by molar-refractivity contribution is 5.85. The minimum Gasteiger partial charge on any atom is -0.341 e. The van der Waals surface area contributed by atoms with E-state index >= 15 is 0 Å². The molecule has 1 amide bonds. The van der Waals surface area contributed by atoms with Crippen molar-refractivity contribution < 1.29 is 4.79 Å². The Morgan fingerprint density at radius 3 is 2.48 bits per heavy atom. The van der Waals surface area contributed by atoms with Crippen molar-refractivity contribution in [1.82, 2.24) is 15.1 Å². The van der Waals surface area contributed by atoms with E-state index in [4.69, 9.17) is 0 Å². The highest BCUT2D eigenvalue weighted by Crippen LogP contribution is 2.34. The number of carbonyl (C=O) groups excluding carboxylic acids is 1. The molecule has 1 N–H and O–H groups in total. The van der Waals surface area contributed by atoms with Crippen molar-refractivity contribution >= 4 is 5.91 Å². The molecule has 0 radical (unpaired) electrons. The van der Waals surface area contributed by atoms with E-state index in [0.717, 1.165) is 32.6 Å². The molecule has 3 fully saturated rings. The predicted molar refractivity (Wildman–Crippen MR) is 87.3 cm³/mol. The zero-order chi connectivity index (χ0) is 15.5. The van der Waals surface area contributed by atoms with Crippen LogP contribution in [0, 0.1) is 5.41 Å². The van der Waals surface area contributed by atoms with E-state index in [9.17, 15) is 4.79 Å². The SMILES string of the molecule is C1CC1.CC(C)N(C)CCC1(C)CCN(C(=O)C2CN2)C1. The molecule has 0 spiro atoms. The van der Waals surface area contributed by atoms with Crippen LogP contribution in [0.25, 0.3) is 0 Å². The predicted octanol–water partition coefficient (Wildman–Crippen LogP) is 2.10. The van der Waals surface area contributed by atoms with Crippen molar-refractivity contribution in [2.75, 3.05) is 33.2 Å². The zero-order valence-corrected chi connectivity index (χ0v) is 14.3. The third-order valence-electron chi connectivity index (χ3n) is 4.88. The molecule has 2 atom stereocenters. The van der Waals surface area contributed by atoms with Gasteiger partial charge in [-0.2, -0.15) is 0 Å². The van der Waals surface area contributed by atoms with Crippen LogP contribution in [0.5, 0.6) is 0 Å². The summed E-state index contributed by atoms with van der Waals surface area (Å²) in [6, 6.07) is 0.731. The van der Waals surface area contributed by atoms with Gasteiger partial charge in [0.25, 0.3) is 0 Å². The average Bonchev–Trinajstić information content (AvgIpc) is 3.32. The summed E-state index contributed by atoms with van der Waals surface area (Å²) in [4.78, 5) is 16.4. The lowest BCUT2D eigenvalue weighted by Gasteiger charge is -2.29. The molecule has 3 rings (SSSR count). The number of nitrogens with one attached hydrogen (secondary N) is 1. The lowest BCUT2D eigenvalue weighted by Crippen LogP contribution is -2.36. The lowest BCUT2D eigenvalue weighted by molar-refractivity contribution is -0.129. The van der Waals surface area contributed by atoms with Crippen molar-refractivity contribution in [3.8, 4) is 0 Å². The molecule has 4 nitrogen and oxygen atoms in total. The molecule has 0 aromatic carbocycles. The Morgan fingerprint density at radius 1 is 1.38 bits per heavy atom. The molecule has 1 saturated carbocycles. The van der Waals surface area contributed by atoms with Crippen molar-refractivity contribution in [2.24, 2.45) is 5.41 Å². The van der Waals surface area contributed by atoms with Crippen LogP contribution in [0.4, 0.5) is 0 Å². The van der Waals surface area contributed by atoms with Crippen molar-refractivity contribution in [3.05, 3.63) is 0 Å². The van der Waals surface area contributed by atoms with Gasteiger partial charge in [-0.05, 0) is 45.7 Å². The maximum Gasteiger partial charge on any atom is 0.241 e. The van der Waals surface area contributed by atoms with E-state index in [0.29, 0.717) is 17.4 Å². The van der Waals surface area contributed by atoms with Crippen LogP contribution in [0.15, 0.2) is 0 Å². The van der Waals surface area contributed by atoms with E-state index in [-0.39, 0.29) is 6.04 Å². The average molecular weight is 295 g/mol. The topological polar surface area (TPSA) is 45.5 Å². The van der Waals surface area contributed by atoms with Gasteiger partial charge in [-0.25, -0.2) is 0 Å². The fraction of sp³-hybridized carbons (Fsp3) is 0.941. The van der Waals surface area contributed by atoms with E-state index in [1.165, 1.54) is 25.7 Å². The van der Waals surface area contributed by atoms with Gasteiger partial charge in [0, 0.05) is 25.7 Å². The number of hydrogen-bond donors (Lipinski definition) is 1. The lowest BCUT2D eigenvalue weighted by atomic mass is 9.86. The first-order chi connectivity index (χ1) is 9.91. The second-order valence-corrected chi connectivity index (χ2v) is 7.67. The summed E-state index contributed by atoms with van der Waals surface area (Å²) < 4.78 is 0. The van der Waals surface area contributed by atoms with E-state index < -0.39 is 0 Å². The molecule has 1 aliphatic carbocycles. The minimum absolute atomic E-state index is 0.130. The molecule has 3 aliphatic rings. The number of carbonyl (C=O) groups is 1. The van der Waals surface area contributed by atoms with Crippen molar-refractivity contribution in [2.45, 2.75) is 65.0 Å². The molecule has 21 heavy (non-hydrogen) atoms. The molecule has 0 aromatic rings. The fourth-order valence-electron chi connectivity index (χ4n) is 2.57. The molecule has 0 aromatic heterocycles. The third kappa shape index (κ3) is 5.59. The Hall–Kier alpha value is -0.610. The summed E-state index contributed by atoms with van der Waals surface area (Å²) in [7, 11) is 2.18. The van der Waals surface area contributed by atoms with E-state index in [1.54, 1.807) is 0 Å². The number of hydrogen-bond acceptors (Lipinski definition) is 3. The Bertz CT molecular complexity index is 349. The number of likely N-dealkylation sites (tertiary alicyclic amines) is 1. The number of amides is 1. The van der Waals surface area contributed by atoms with Gasteiger partial charge in [-0.3, -0.25) is 4.79 Å².